The zero-order valence-electron chi connectivity index (χ0n) is 16.2. The number of rotatable bonds is 7. The summed E-state index contributed by atoms with van der Waals surface area (Å²) in [5.74, 6) is 0.512. The van der Waals surface area contributed by atoms with E-state index in [1.165, 1.54) is 16.7 Å². The lowest BCUT2D eigenvalue weighted by molar-refractivity contribution is 0.0376. The molecule has 1 aliphatic heterocycles. The minimum atomic E-state index is 0.512. The van der Waals surface area contributed by atoms with Gasteiger partial charge in [-0.25, -0.2) is 4.99 Å². The SMILES string of the molecule is Cc1cccc(-c2cccc(CN=C(N)NCCCN3CCOCC3)c2)c1. The first-order valence-electron chi connectivity index (χ1n) is 9.70. The molecule has 0 radical (unpaired) electrons. The van der Waals surface area contributed by atoms with Crippen molar-refractivity contribution in [1.29, 1.82) is 0 Å². The standard InChI is InChI=1S/C22H30N4O/c1-18-5-2-7-20(15-18)21-8-3-6-19(16-21)17-25-22(23)24-9-4-10-26-11-13-27-14-12-26/h2-3,5-8,15-16H,4,9-14,17H2,1H3,(H3,23,24,25). The number of nitrogens with zero attached hydrogens (tertiary/aromatic N) is 2. The van der Waals surface area contributed by atoms with Gasteiger partial charge in [-0.1, -0.05) is 48.0 Å². The number of morpholine rings is 1. The summed E-state index contributed by atoms with van der Waals surface area (Å²) in [6.45, 7) is 8.36. The molecule has 3 N–H and O–H groups in total. The van der Waals surface area contributed by atoms with Crippen molar-refractivity contribution in [1.82, 2.24) is 10.2 Å². The number of ether oxygens (including phenoxy) is 1. The van der Waals surface area contributed by atoms with Crippen LogP contribution in [0.2, 0.25) is 0 Å². The van der Waals surface area contributed by atoms with Gasteiger partial charge < -0.3 is 15.8 Å². The molecular formula is C22H30N4O. The molecule has 27 heavy (non-hydrogen) atoms. The molecule has 1 heterocycles. The van der Waals surface area contributed by atoms with Crippen molar-refractivity contribution in [2.75, 3.05) is 39.4 Å². The second-order valence-electron chi connectivity index (χ2n) is 7.01. The van der Waals surface area contributed by atoms with E-state index in [4.69, 9.17) is 10.5 Å². The van der Waals surface area contributed by atoms with E-state index >= 15 is 0 Å². The largest absolute Gasteiger partial charge is 0.379 e. The van der Waals surface area contributed by atoms with Gasteiger partial charge in [-0.2, -0.15) is 0 Å². The second kappa shape index (κ2) is 10.1. The van der Waals surface area contributed by atoms with Crippen molar-refractivity contribution < 1.29 is 4.74 Å². The third kappa shape index (κ3) is 6.38. The zero-order valence-corrected chi connectivity index (χ0v) is 16.2. The summed E-state index contributed by atoms with van der Waals surface area (Å²) in [4.78, 5) is 6.91. The summed E-state index contributed by atoms with van der Waals surface area (Å²) < 4.78 is 5.36. The van der Waals surface area contributed by atoms with Crippen molar-refractivity contribution in [2.24, 2.45) is 10.7 Å². The molecule has 0 bridgehead atoms. The molecule has 0 spiro atoms. The number of aliphatic imine (C=N–C) groups is 1. The van der Waals surface area contributed by atoms with Gasteiger partial charge in [0.15, 0.2) is 5.96 Å². The van der Waals surface area contributed by atoms with Crippen LogP contribution < -0.4 is 11.1 Å². The molecule has 0 aliphatic carbocycles. The van der Waals surface area contributed by atoms with Crippen molar-refractivity contribution in [3.63, 3.8) is 0 Å². The molecular weight excluding hydrogens is 336 g/mol. The van der Waals surface area contributed by atoms with E-state index < -0.39 is 0 Å². The third-order valence-electron chi connectivity index (χ3n) is 4.77. The fourth-order valence-corrected chi connectivity index (χ4v) is 3.25. The summed E-state index contributed by atoms with van der Waals surface area (Å²) in [5.41, 5.74) is 10.9. The highest BCUT2D eigenvalue weighted by molar-refractivity contribution is 5.77. The van der Waals surface area contributed by atoms with Gasteiger partial charge >= 0.3 is 0 Å². The van der Waals surface area contributed by atoms with Gasteiger partial charge in [-0.05, 0) is 42.6 Å². The smallest absolute Gasteiger partial charge is 0.188 e. The Balaban J connectivity index is 1.46. The summed E-state index contributed by atoms with van der Waals surface area (Å²) in [5, 5.41) is 3.22. The van der Waals surface area contributed by atoms with Gasteiger partial charge in [0, 0.05) is 19.6 Å². The van der Waals surface area contributed by atoms with Crippen LogP contribution in [-0.2, 0) is 11.3 Å². The summed E-state index contributed by atoms with van der Waals surface area (Å²) in [7, 11) is 0. The minimum absolute atomic E-state index is 0.512. The molecule has 0 atom stereocenters. The van der Waals surface area contributed by atoms with Crippen LogP contribution in [-0.4, -0.2) is 50.3 Å². The molecule has 144 valence electrons. The Morgan fingerprint density at radius 3 is 2.63 bits per heavy atom. The van der Waals surface area contributed by atoms with E-state index in [0.29, 0.717) is 12.5 Å². The Kier molecular flexibility index (Phi) is 7.25. The van der Waals surface area contributed by atoms with Gasteiger partial charge in [0.2, 0.25) is 0 Å². The molecule has 0 unspecified atom stereocenters. The van der Waals surface area contributed by atoms with Crippen LogP contribution in [0.5, 0.6) is 0 Å². The quantitative estimate of drug-likeness (QED) is 0.449. The van der Waals surface area contributed by atoms with E-state index in [1.54, 1.807) is 0 Å². The minimum Gasteiger partial charge on any atom is -0.379 e. The zero-order chi connectivity index (χ0) is 18.9. The average molecular weight is 367 g/mol. The van der Waals surface area contributed by atoms with E-state index in [1.807, 2.05) is 0 Å². The molecule has 1 aliphatic rings. The van der Waals surface area contributed by atoms with Crippen LogP contribution in [0.25, 0.3) is 11.1 Å². The molecule has 5 nitrogen and oxygen atoms in total. The van der Waals surface area contributed by atoms with Gasteiger partial charge in [0.1, 0.15) is 0 Å². The van der Waals surface area contributed by atoms with Crippen molar-refractivity contribution in [3.8, 4) is 11.1 Å². The fraction of sp³-hybridized carbons (Fsp3) is 0.409. The second-order valence-corrected chi connectivity index (χ2v) is 7.01. The number of nitrogens with two attached hydrogens (primary N) is 1. The Hall–Kier alpha value is -2.37. The van der Waals surface area contributed by atoms with Gasteiger partial charge in [-0.3, -0.25) is 4.90 Å². The molecule has 2 aromatic rings. The third-order valence-corrected chi connectivity index (χ3v) is 4.77. The van der Waals surface area contributed by atoms with E-state index in [-0.39, 0.29) is 0 Å². The highest BCUT2D eigenvalue weighted by atomic mass is 16.5. The molecule has 1 fully saturated rings. The number of hydrogen-bond acceptors (Lipinski definition) is 3. The Labute approximate surface area is 162 Å². The first-order valence-corrected chi connectivity index (χ1v) is 9.70. The highest BCUT2D eigenvalue weighted by Gasteiger charge is 2.09. The predicted molar refractivity (Wildman–Crippen MR) is 112 cm³/mol. The van der Waals surface area contributed by atoms with Crippen LogP contribution in [0.1, 0.15) is 17.5 Å². The van der Waals surface area contributed by atoms with E-state index in [2.05, 4.69) is 70.7 Å². The first-order chi connectivity index (χ1) is 13.2. The molecule has 3 rings (SSSR count). The summed E-state index contributed by atoms with van der Waals surface area (Å²) >= 11 is 0. The number of guanidine groups is 1. The van der Waals surface area contributed by atoms with Crippen LogP contribution in [0.4, 0.5) is 0 Å². The lowest BCUT2D eigenvalue weighted by Crippen LogP contribution is -2.39. The first kappa shape index (κ1) is 19.4. The summed E-state index contributed by atoms with van der Waals surface area (Å²) in [6, 6.07) is 17.0. The van der Waals surface area contributed by atoms with E-state index in [0.717, 1.165) is 51.4 Å². The molecule has 1 saturated heterocycles. The maximum absolute atomic E-state index is 6.02. The fourth-order valence-electron chi connectivity index (χ4n) is 3.25. The number of nitrogens with one attached hydrogen (secondary N) is 1. The van der Waals surface area contributed by atoms with Crippen molar-refractivity contribution in [3.05, 3.63) is 59.7 Å². The van der Waals surface area contributed by atoms with E-state index in [9.17, 15) is 0 Å². The Morgan fingerprint density at radius 1 is 1.11 bits per heavy atom. The predicted octanol–water partition coefficient (Wildman–Crippen LogP) is 2.79. The Bertz CT molecular complexity index is 753. The maximum atomic E-state index is 6.02. The molecule has 0 saturated carbocycles. The van der Waals surface area contributed by atoms with Crippen LogP contribution in [0, 0.1) is 6.92 Å². The normalized spacial score (nSPS) is 15.7. The average Bonchev–Trinajstić information content (AvgIpc) is 2.71. The Morgan fingerprint density at radius 2 is 1.85 bits per heavy atom. The summed E-state index contributed by atoms with van der Waals surface area (Å²) in [6.07, 6.45) is 1.05. The molecule has 0 amide bonds. The van der Waals surface area contributed by atoms with Gasteiger partial charge in [0.05, 0.1) is 19.8 Å². The maximum Gasteiger partial charge on any atom is 0.188 e. The van der Waals surface area contributed by atoms with Crippen molar-refractivity contribution in [2.45, 2.75) is 19.9 Å². The number of aryl methyl sites for hydroxylation is 1. The topological polar surface area (TPSA) is 62.9 Å². The molecule has 0 aromatic heterocycles. The lowest BCUT2D eigenvalue weighted by atomic mass is 10.0. The molecule has 5 heteroatoms. The van der Waals surface area contributed by atoms with Gasteiger partial charge in [-0.15, -0.1) is 0 Å². The number of hydrogen-bond donors (Lipinski definition) is 2. The lowest BCUT2D eigenvalue weighted by Gasteiger charge is -2.26. The van der Waals surface area contributed by atoms with Crippen LogP contribution in [0.3, 0.4) is 0 Å². The van der Waals surface area contributed by atoms with Crippen LogP contribution >= 0.6 is 0 Å². The highest BCUT2D eigenvalue weighted by Crippen LogP contribution is 2.21. The number of benzene rings is 2. The van der Waals surface area contributed by atoms with Crippen molar-refractivity contribution >= 4 is 5.96 Å². The molecule has 2 aromatic carbocycles. The van der Waals surface area contributed by atoms with Gasteiger partial charge in [0.25, 0.3) is 0 Å². The monoisotopic (exact) mass is 366 g/mol. The van der Waals surface area contributed by atoms with Crippen LogP contribution in [0.15, 0.2) is 53.5 Å².